The van der Waals surface area contributed by atoms with Crippen LogP contribution in [0.3, 0.4) is 0 Å². The Balaban J connectivity index is 1.55. The molecule has 0 saturated heterocycles. The summed E-state index contributed by atoms with van der Waals surface area (Å²) in [6.45, 7) is 8.86. The van der Waals surface area contributed by atoms with E-state index in [9.17, 15) is 9.59 Å². The number of ether oxygens (including phenoxy) is 1. The summed E-state index contributed by atoms with van der Waals surface area (Å²) >= 11 is 0. The van der Waals surface area contributed by atoms with Crippen molar-refractivity contribution in [3.8, 4) is 0 Å². The molecular formula is C30H42N6O4. The normalized spacial score (nSPS) is 19.8. The van der Waals surface area contributed by atoms with Gasteiger partial charge in [0.05, 0.1) is 18.5 Å². The number of aromatic nitrogens is 1. The van der Waals surface area contributed by atoms with Gasteiger partial charge in [0.25, 0.3) is 0 Å². The fourth-order valence-corrected chi connectivity index (χ4v) is 5.10. The molecule has 3 aliphatic rings. The summed E-state index contributed by atoms with van der Waals surface area (Å²) in [5, 5.41) is 21.3. The SMILES string of the molecule is Cc1ncc(NC(=O)NC2CC(C)(C)C2)cc1C(/C=C(\N)OCCO)=C/C(C)C1=CCNC(NC(=O)C2CC2)=C1. The number of anilines is 1. The van der Waals surface area contributed by atoms with E-state index in [1.165, 1.54) is 0 Å². The molecule has 7 N–H and O–H groups in total. The predicted molar refractivity (Wildman–Crippen MR) is 155 cm³/mol. The van der Waals surface area contributed by atoms with E-state index in [0.717, 1.165) is 48.1 Å². The first-order valence-corrected chi connectivity index (χ1v) is 14.0. The van der Waals surface area contributed by atoms with E-state index < -0.39 is 0 Å². The lowest BCUT2D eigenvalue weighted by Crippen LogP contribution is -2.49. The van der Waals surface area contributed by atoms with Crippen LogP contribution in [0, 0.1) is 24.2 Å². The Hall–Kier alpha value is -3.79. The second-order valence-electron chi connectivity index (χ2n) is 11.7. The standard InChI is InChI=1S/C30H42N6O4/c1-18(21-7-8-32-27(13-21)36-28(38)20-5-6-20)11-22(12-26(31)40-10-9-37)25-14-23(17-33-19(25)2)34-29(39)35-24-15-30(3,4)16-24/h7,11-14,17-18,20,24,32,37H,5-6,8-10,15-16,31H2,1-4H3,(H,36,38)(H2,34,35,39)/b22-11+,26-12+. The molecule has 0 aromatic carbocycles. The monoisotopic (exact) mass is 550 g/mol. The fraction of sp³-hybridized carbons (Fsp3) is 0.500. The second-order valence-corrected chi connectivity index (χ2v) is 11.7. The largest absolute Gasteiger partial charge is 0.477 e. The molecule has 2 aliphatic carbocycles. The lowest BCUT2D eigenvalue weighted by Gasteiger charge is -2.42. The van der Waals surface area contributed by atoms with Gasteiger partial charge in [-0.25, -0.2) is 4.79 Å². The third-order valence-corrected chi connectivity index (χ3v) is 7.35. The average Bonchev–Trinajstić information content (AvgIpc) is 3.73. The maximum atomic E-state index is 12.6. The zero-order valence-corrected chi connectivity index (χ0v) is 23.8. The molecule has 0 radical (unpaired) electrons. The summed E-state index contributed by atoms with van der Waals surface area (Å²) in [7, 11) is 0. The van der Waals surface area contributed by atoms with Crippen LogP contribution in [-0.4, -0.2) is 47.8 Å². The molecule has 3 amide bonds. The van der Waals surface area contributed by atoms with Crippen LogP contribution in [0.1, 0.15) is 57.7 Å². The van der Waals surface area contributed by atoms with Crippen molar-refractivity contribution < 1.29 is 19.4 Å². The maximum Gasteiger partial charge on any atom is 0.319 e. The molecule has 2 fully saturated rings. The van der Waals surface area contributed by atoms with Crippen molar-refractivity contribution in [1.29, 1.82) is 0 Å². The average molecular weight is 551 g/mol. The highest BCUT2D eigenvalue weighted by Gasteiger charge is 2.36. The summed E-state index contributed by atoms with van der Waals surface area (Å²) in [6, 6.07) is 1.78. The minimum absolute atomic E-state index is 0.0481. The Bertz CT molecular complexity index is 1240. The molecule has 40 heavy (non-hydrogen) atoms. The molecule has 1 unspecified atom stereocenters. The quantitative estimate of drug-likeness (QED) is 0.182. The predicted octanol–water partition coefficient (Wildman–Crippen LogP) is 3.43. The molecule has 1 aromatic rings. The number of aliphatic hydroxyl groups excluding tert-OH is 1. The number of aryl methyl sites for hydroxylation is 1. The van der Waals surface area contributed by atoms with E-state index in [-0.39, 0.29) is 54.3 Å². The zero-order chi connectivity index (χ0) is 28.9. The van der Waals surface area contributed by atoms with E-state index in [1.54, 1.807) is 12.3 Å². The van der Waals surface area contributed by atoms with Gasteiger partial charge in [-0.1, -0.05) is 32.9 Å². The van der Waals surface area contributed by atoms with E-state index >= 15 is 0 Å². The maximum absolute atomic E-state index is 12.6. The molecule has 0 spiro atoms. The van der Waals surface area contributed by atoms with E-state index in [4.69, 9.17) is 15.6 Å². The van der Waals surface area contributed by atoms with Crippen LogP contribution in [0.2, 0.25) is 0 Å². The van der Waals surface area contributed by atoms with Crippen LogP contribution in [0.5, 0.6) is 0 Å². The van der Waals surface area contributed by atoms with Crippen molar-refractivity contribution in [2.24, 2.45) is 23.0 Å². The van der Waals surface area contributed by atoms with Crippen molar-refractivity contribution >= 4 is 23.2 Å². The van der Waals surface area contributed by atoms with E-state index in [0.29, 0.717) is 18.1 Å². The summed E-state index contributed by atoms with van der Waals surface area (Å²) in [5.41, 5.74) is 10.3. The van der Waals surface area contributed by atoms with Crippen LogP contribution in [-0.2, 0) is 9.53 Å². The van der Waals surface area contributed by atoms with Gasteiger partial charge in [0, 0.05) is 35.8 Å². The van der Waals surface area contributed by atoms with E-state index in [2.05, 4.69) is 53.1 Å². The van der Waals surface area contributed by atoms with Gasteiger partial charge < -0.3 is 36.8 Å². The van der Waals surface area contributed by atoms with Gasteiger partial charge in [0.1, 0.15) is 12.4 Å². The van der Waals surface area contributed by atoms with Gasteiger partial charge in [-0.3, -0.25) is 9.78 Å². The summed E-state index contributed by atoms with van der Waals surface area (Å²) in [6.07, 6.45) is 13.2. The van der Waals surface area contributed by atoms with Gasteiger partial charge in [0.2, 0.25) is 5.91 Å². The molecule has 1 aliphatic heterocycles. The molecule has 4 rings (SSSR count). The number of nitrogens with one attached hydrogen (secondary N) is 4. The number of allylic oxidation sites excluding steroid dienone is 5. The Labute approximate surface area is 236 Å². The summed E-state index contributed by atoms with van der Waals surface area (Å²) < 4.78 is 5.44. The number of urea groups is 1. The zero-order valence-electron chi connectivity index (χ0n) is 23.8. The molecular weight excluding hydrogens is 508 g/mol. The smallest absolute Gasteiger partial charge is 0.319 e. The van der Waals surface area contributed by atoms with Crippen molar-refractivity contribution in [3.05, 3.63) is 65.1 Å². The minimum atomic E-state index is -0.261. The van der Waals surface area contributed by atoms with E-state index in [1.807, 2.05) is 25.1 Å². The van der Waals surface area contributed by atoms with Crippen LogP contribution in [0.15, 0.2) is 53.8 Å². The number of pyridine rings is 1. The number of aliphatic hydroxyl groups is 1. The molecule has 10 nitrogen and oxygen atoms in total. The van der Waals surface area contributed by atoms with Gasteiger partial charge in [-0.15, -0.1) is 0 Å². The topological polar surface area (TPSA) is 151 Å². The molecule has 1 aromatic heterocycles. The number of rotatable bonds is 11. The number of nitrogens with zero attached hydrogens (tertiary/aromatic N) is 1. The minimum Gasteiger partial charge on any atom is -0.477 e. The second kappa shape index (κ2) is 12.6. The molecule has 2 heterocycles. The number of hydrogen-bond acceptors (Lipinski definition) is 7. The number of amides is 3. The van der Waals surface area contributed by atoms with Crippen molar-refractivity contribution in [2.45, 2.75) is 59.4 Å². The molecule has 1 atom stereocenters. The molecule has 10 heteroatoms. The Morgan fingerprint density at radius 2 is 2.05 bits per heavy atom. The van der Waals surface area contributed by atoms with Crippen molar-refractivity contribution in [3.63, 3.8) is 0 Å². The van der Waals surface area contributed by atoms with Crippen LogP contribution < -0.4 is 27.0 Å². The highest BCUT2D eigenvalue weighted by molar-refractivity contribution is 5.90. The number of dihydropyridines is 1. The first-order chi connectivity index (χ1) is 19.0. The lowest BCUT2D eigenvalue weighted by atomic mass is 9.68. The van der Waals surface area contributed by atoms with Crippen molar-refractivity contribution in [2.75, 3.05) is 25.1 Å². The first-order valence-electron chi connectivity index (χ1n) is 14.0. The molecule has 0 bridgehead atoms. The van der Waals surface area contributed by atoms with Crippen LogP contribution >= 0.6 is 0 Å². The third kappa shape index (κ3) is 8.11. The van der Waals surface area contributed by atoms with Crippen LogP contribution in [0.25, 0.3) is 5.57 Å². The Kier molecular flexibility index (Phi) is 9.19. The van der Waals surface area contributed by atoms with Crippen molar-refractivity contribution in [1.82, 2.24) is 20.9 Å². The number of carbonyl (C=O) groups is 2. The Morgan fingerprint density at radius 3 is 2.73 bits per heavy atom. The van der Waals surface area contributed by atoms with Gasteiger partial charge >= 0.3 is 6.03 Å². The van der Waals surface area contributed by atoms with Gasteiger partial charge in [0.15, 0.2) is 5.88 Å². The third-order valence-electron chi connectivity index (χ3n) is 7.35. The first kappa shape index (κ1) is 29.2. The highest BCUT2D eigenvalue weighted by atomic mass is 16.5. The summed E-state index contributed by atoms with van der Waals surface area (Å²) in [4.78, 5) is 29.4. The lowest BCUT2D eigenvalue weighted by molar-refractivity contribution is -0.121. The van der Waals surface area contributed by atoms with Gasteiger partial charge in [-0.05, 0) is 67.2 Å². The number of hydrogen-bond donors (Lipinski definition) is 6. The fourth-order valence-electron chi connectivity index (χ4n) is 5.10. The summed E-state index contributed by atoms with van der Waals surface area (Å²) in [5.74, 6) is 0.974. The van der Waals surface area contributed by atoms with Gasteiger partial charge in [-0.2, -0.15) is 0 Å². The van der Waals surface area contributed by atoms with Crippen LogP contribution in [0.4, 0.5) is 10.5 Å². The Morgan fingerprint density at radius 1 is 1.30 bits per heavy atom. The molecule has 2 saturated carbocycles. The number of nitrogens with two attached hydrogens (primary N) is 1. The molecule has 216 valence electrons. The highest BCUT2D eigenvalue weighted by Crippen LogP contribution is 2.39. The number of carbonyl (C=O) groups excluding carboxylic acids is 2.